The molecule has 7 N–H and O–H groups in total. The van der Waals surface area contributed by atoms with E-state index in [0.717, 1.165) is 6.54 Å². The normalized spacial score (nSPS) is 9.58. The van der Waals surface area contributed by atoms with E-state index < -0.39 is 23.9 Å². The number of hydrogen-bond donors (Lipinski definition) is 5. The molecule has 2 aromatic carbocycles. The van der Waals surface area contributed by atoms with Crippen molar-refractivity contribution in [2.45, 2.75) is 46.5 Å². The molecule has 0 aromatic heterocycles. The van der Waals surface area contributed by atoms with Crippen LogP contribution in [-0.2, 0) is 19.2 Å². The van der Waals surface area contributed by atoms with Crippen LogP contribution in [0.5, 0.6) is 0 Å². The lowest BCUT2D eigenvalue weighted by Gasteiger charge is -2.17. The van der Waals surface area contributed by atoms with E-state index in [1.54, 1.807) is 0 Å². The topological polar surface area (TPSA) is 196 Å². The Labute approximate surface area is 223 Å². The molecule has 0 aliphatic rings. The van der Waals surface area contributed by atoms with Crippen molar-refractivity contribution >= 4 is 29.6 Å². The van der Waals surface area contributed by atoms with Gasteiger partial charge in [-0.3, -0.25) is 0 Å². The van der Waals surface area contributed by atoms with E-state index >= 15 is 0 Å². The molecule has 0 unspecified atom stereocenters. The zero-order chi connectivity index (χ0) is 28.2. The molecule has 2 rings (SSSR count). The van der Waals surface area contributed by atoms with Crippen molar-refractivity contribution in [3.63, 3.8) is 0 Å². The fourth-order valence-corrected chi connectivity index (χ4v) is 3.25. The number of rotatable bonds is 11. The summed E-state index contributed by atoms with van der Waals surface area (Å²) in [6.07, 6.45) is 5.21. The summed E-state index contributed by atoms with van der Waals surface area (Å²) in [6.45, 7) is 11.3. The number of carbonyl (C=O) groups is 4. The quantitative estimate of drug-likeness (QED) is 0.209. The van der Waals surface area contributed by atoms with Crippen molar-refractivity contribution < 1.29 is 45.1 Å². The maximum absolute atomic E-state index is 9.10. The molecule has 0 fully saturated rings. The first-order valence-corrected chi connectivity index (χ1v) is 12.1. The van der Waals surface area contributed by atoms with Gasteiger partial charge < -0.3 is 36.1 Å². The fourth-order valence-electron chi connectivity index (χ4n) is 3.25. The fraction of sp³-hybridized carbons (Fsp3) is 0.407. The summed E-state index contributed by atoms with van der Waals surface area (Å²) >= 11 is 0. The Bertz CT molecular complexity index is 930. The Hall–Kier alpha value is -3.96. The summed E-state index contributed by atoms with van der Waals surface area (Å²) in [5.41, 5.74) is 5.17. The number of carboxylic acid groups (broad SMARTS) is 4. The second-order valence-corrected chi connectivity index (χ2v) is 7.98. The number of hydrogen-bond acceptors (Lipinski definition) is 6. The molecule has 212 valence electrons. The summed E-state index contributed by atoms with van der Waals surface area (Å²) in [4.78, 5) is 38.9. The third-order valence-electron chi connectivity index (χ3n) is 5.31. The highest BCUT2D eigenvalue weighted by Gasteiger charge is 2.05. The van der Waals surface area contributed by atoms with E-state index in [0.29, 0.717) is 0 Å². The zero-order valence-electron chi connectivity index (χ0n) is 22.1. The van der Waals surface area contributed by atoms with E-state index in [9.17, 15) is 0 Å². The van der Waals surface area contributed by atoms with Gasteiger partial charge in [0.25, 0.3) is 0 Å². The minimum atomic E-state index is -1.82. The summed E-state index contributed by atoms with van der Waals surface area (Å²) in [7, 11) is 0. The first kappa shape index (κ1) is 36.2. The van der Waals surface area contributed by atoms with E-state index in [-0.39, 0.29) is 5.48 Å². The maximum atomic E-state index is 9.10. The van der Waals surface area contributed by atoms with Crippen molar-refractivity contribution in [3.8, 4) is 11.1 Å². The van der Waals surface area contributed by atoms with Crippen LogP contribution in [0, 0.1) is 6.92 Å². The first-order valence-electron chi connectivity index (χ1n) is 12.1. The molecule has 0 amide bonds. The van der Waals surface area contributed by atoms with Gasteiger partial charge in [0, 0.05) is 12.2 Å². The lowest BCUT2D eigenvalue weighted by atomic mass is 10.00. The molecule has 0 atom stereocenters. The molecule has 0 spiro atoms. The molecule has 2 aromatic rings. The number of benzene rings is 2. The standard InChI is InChI=1S/C23H34N2.2C2H2O4.H2O/c1-4-25(5-2)18-12-7-6-11-17-24-22-16-15-20(3)23(19-22)21-13-9-8-10-14-21;2*3-1(4)2(5)6;/h8-10,13-16,19,24H,4-7,11-12,17-18H2,1-3H3;2*(H,3,4)(H,5,6);1H2. The second kappa shape index (κ2) is 21.2. The van der Waals surface area contributed by atoms with Gasteiger partial charge in [0.1, 0.15) is 0 Å². The monoisotopic (exact) mass is 536 g/mol. The summed E-state index contributed by atoms with van der Waals surface area (Å²) in [5, 5.41) is 33.2. The number of carboxylic acids is 4. The van der Waals surface area contributed by atoms with Gasteiger partial charge in [-0.1, -0.05) is 63.1 Å². The van der Waals surface area contributed by atoms with Crippen LogP contribution in [0.3, 0.4) is 0 Å². The number of unbranched alkanes of at least 4 members (excludes halogenated alkanes) is 3. The molecular weight excluding hydrogens is 496 g/mol. The van der Waals surface area contributed by atoms with Gasteiger partial charge in [-0.2, -0.15) is 0 Å². The van der Waals surface area contributed by atoms with E-state index in [1.165, 1.54) is 67.7 Å². The number of nitrogens with one attached hydrogen (secondary N) is 1. The number of anilines is 1. The predicted octanol–water partition coefficient (Wildman–Crippen LogP) is 3.46. The highest BCUT2D eigenvalue weighted by Crippen LogP contribution is 2.26. The van der Waals surface area contributed by atoms with Crippen LogP contribution < -0.4 is 5.32 Å². The molecule has 0 saturated heterocycles. The van der Waals surface area contributed by atoms with Crippen LogP contribution in [0.15, 0.2) is 48.5 Å². The summed E-state index contributed by atoms with van der Waals surface area (Å²) in [5.74, 6) is -7.30. The van der Waals surface area contributed by atoms with E-state index in [1.807, 2.05) is 0 Å². The average molecular weight is 537 g/mol. The van der Waals surface area contributed by atoms with Crippen LogP contribution in [-0.4, -0.2) is 80.9 Å². The molecule has 11 heteroatoms. The number of nitrogens with zero attached hydrogens (tertiary/aromatic N) is 1. The van der Waals surface area contributed by atoms with Crippen LogP contribution in [0.1, 0.15) is 45.1 Å². The van der Waals surface area contributed by atoms with Crippen molar-refractivity contribution in [2.24, 2.45) is 0 Å². The number of aliphatic carboxylic acids is 4. The largest absolute Gasteiger partial charge is 0.473 e. The number of aryl methyl sites for hydroxylation is 1. The second-order valence-electron chi connectivity index (χ2n) is 7.98. The van der Waals surface area contributed by atoms with Gasteiger partial charge in [0.2, 0.25) is 0 Å². The van der Waals surface area contributed by atoms with Gasteiger partial charge in [-0.15, -0.1) is 0 Å². The average Bonchev–Trinajstić information content (AvgIpc) is 2.87. The highest BCUT2D eigenvalue weighted by molar-refractivity contribution is 6.27. The Morgan fingerprint density at radius 3 is 1.71 bits per heavy atom. The van der Waals surface area contributed by atoms with Crippen molar-refractivity contribution in [3.05, 3.63) is 54.1 Å². The molecule has 0 heterocycles. The lowest BCUT2D eigenvalue weighted by molar-refractivity contribution is -0.159. The lowest BCUT2D eigenvalue weighted by Crippen LogP contribution is -2.23. The molecule has 38 heavy (non-hydrogen) atoms. The minimum absolute atomic E-state index is 0. The van der Waals surface area contributed by atoms with Gasteiger partial charge >= 0.3 is 23.9 Å². The molecule has 0 aliphatic heterocycles. The van der Waals surface area contributed by atoms with Crippen molar-refractivity contribution in [2.75, 3.05) is 31.5 Å². The molecular formula is C27H40N2O9. The highest BCUT2D eigenvalue weighted by atomic mass is 16.4. The van der Waals surface area contributed by atoms with Crippen molar-refractivity contribution in [1.82, 2.24) is 4.90 Å². The smallest absolute Gasteiger partial charge is 0.414 e. The first-order chi connectivity index (χ1) is 17.5. The van der Waals surface area contributed by atoms with Gasteiger partial charge in [-0.25, -0.2) is 19.2 Å². The Kier molecular flexibility index (Phi) is 20.2. The third-order valence-corrected chi connectivity index (χ3v) is 5.31. The Morgan fingerprint density at radius 1 is 0.737 bits per heavy atom. The van der Waals surface area contributed by atoms with E-state index in [2.05, 4.69) is 79.5 Å². The molecule has 0 bridgehead atoms. The third kappa shape index (κ3) is 16.7. The van der Waals surface area contributed by atoms with Gasteiger partial charge in [-0.05, 0) is 68.2 Å². The minimum Gasteiger partial charge on any atom is -0.473 e. The van der Waals surface area contributed by atoms with Crippen LogP contribution >= 0.6 is 0 Å². The Balaban J connectivity index is 0. The van der Waals surface area contributed by atoms with Crippen molar-refractivity contribution in [1.29, 1.82) is 0 Å². The van der Waals surface area contributed by atoms with E-state index in [4.69, 9.17) is 39.6 Å². The molecule has 0 saturated carbocycles. The maximum Gasteiger partial charge on any atom is 0.414 e. The van der Waals surface area contributed by atoms with Crippen LogP contribution in [0.2, 0.25) is 0 Å². The summed E-state index contributed by atoms with van der Waals surface area (Å²) < 4.78 is 0. The molecule has 0 radical (unpaired) electrons. The Morgan fingerprint density at radius 2 is 1.24 bits per heavy atom. The van der Waals surface area contributed by atoms with Crippen LogP contribution in [0.25, 0.3) is 11.1 Å². The SMILES string of the molecule is CCN(CC)CCCCCCNc1ccc(C)c(-c2ccccc2)c1.O.O=C(O)C(=O)O.O=C(O)C(=O)O. The molecule has 0 aliphatic carbocycles. The molecule has 11 nitrogen and oxygen atoms in total. The predicted molar refractivity (Wildman–Crippen MR) is 146 cm³/mol. The zero-order valence-corrected chi connectivity index (χ0v) is 22.1. The van der Waals surface area contributed by atoms with Crippen LogP contribution in [0.4, 0.5) is 5.69 Å². The van der Waals surface area contributed by atoms with Gasteiger partial charge in [0.05, 0.1) is 0 Å². The van der Waals surface area contributed by atoms with Gasteiger partial charge in [0.15, 0.2) is 0 Å². The summed E-state index contributed by atoms with van der Waals surface area (Å²) in [6, 6.07) is 17.3.